The van der Waals surface area contributed by atoms with Crippen LogP contribution < -0.4 is 0 Å². The maximum atomic E-state index is 11.1. The van der Waals surface area contributed by atoms with E-state index >= 15 is 0 Å². The van der Waals surface area contributed by atoms with Crippen molar-refractivity contribution >= 4 is 11.8 Å². The minimum atomic E-state index is -0.281. The topological polar surface area (TPSA) is 43.4 Å². The first kappa shape index (κ1) is 12.1. The smallest absolute Gasteiger partial charge is 0.306 e. The van der Waals surface area contributed by atoms with Crippen LogP contribution in [0.2, 0.25) is 0 Å². The van der Waals surface area contributed by atoms with Crippen molar-refractivity contribution < 1.29 is 14.3 Å². The molecule has 0 saturated carbocycles. The Kier molecular flexibility index (Phi) is 5.35. The van der Waals surface area contributed by atoms with Crippen molar-refractivity contribution in [3.63, 3.8) is 0 Å². The molecule has 0 aliphatic carbocycles. The fourth-order valence-electron chi connectivity index (χ4n) is 1.25. The zero-order valence-corrected chi connectivity index (χ0v) is 8.79. The molecule has 0 spiro atoms. The summed E-state index contributed by atoms with van der Waals surface area (Å²) in [6, 6.07) is 0. The van der Waals surface area contributed by atoms with E-state index in [1.54, 1.807) is 6.92 Å². The molecule has 0 aromatic rings. The molecule has 3 heteroatoms. The summed E-state index contributed by atoms with van der Waals surface area (Å²) < 4.78 is 4.78. The van der Waals surface area contributed by atoms with Gasteiger partial charge in [0.15, 0.2) is 0 Å². The number of ketones is 1. The quantitative estimate of drug-likeness (QED) is 0.615. The lowest BCUT2D eigenvalue weighted by Crippen LogP contribution is -2.22. The van der Waals surface area contributed by atoms with Gasteiger partial charge >= 0.3 is 5.97 Å². The van der Waals surface area contributed by atoms with Crippen molar-refractivity contribution in [2.45, 2.75) is 34.1 Å². The molecular formula is C10H18O3. The zero-order valence-electron chi connectivity index (χ0n) is 8.79. The van der Waals surface area contributed by atoms with Crippen molar-refractivity contribution in [1.82, 2.24) is 0 Å². The molecule has 0 bridgehead atoms. The number of Topliss-reactive ketones (excluding diaryl/α,β-unsaturated/α-hetero) is 1. The third-order valence-corrected chi connectivity index (χ3v) is 2.02. The largest absolute Gasteiger partial charge is 0.466 e. The van der Waals surface area contributed by atoms with Crippen LogP contribution in [0.15, 0.2) is 0 Å². The van der Waals surface area contributed by atoms with Crippen LogP contribution in [0.25, 0.3) is 0 Å². The van der Waals surface area contributed by atoms with Gasteiger partial charge < -0.3 is 4.74 Å². The lowest BCUT2D eigenvalue weighted by Gasteiger charge is -2.16. The van der Waals surface area contributed by atoms with E-state index in [0.29, 0.717) is 6.61 Å². The monoisotopic (exact) mass is 186 g/mol. The number of hydrogen-bond acceptors (Lipinski definition) is 3. The van der Waals surface area contributed by atoms with Crippen LogP contribution in [-0.2, 0) is 14.3 Å². The molecule has 0 radical (unpaired) electrons. The molecule has 0 N–H and O–H groups in total. The van der Waals surface area contributed by atoms with Crippen LogP contribution in [0.5, 0.6) is 0 Å². The van der Waals surface area contributed by atoms with E-state index in [4.69, 9.17) is 4.74 Å². The summed E-state index contributed by atoms with van der Waals surface area (Å²) in [5.41, 5.74) is 0. The molecule has 0 fully saturated rings. The van der Waals surface area contributed by atoms with Gasteiger partial charge in [0.25, 0.3) is 0 Å². The van der Waals surface area contributed by atoms with Crippen LogP contribution >= 0.6 is 0 Å². The summed E-state index contributed by atoms with van der Waals surface area (Å²) in [6.45, 7) is 7.53. The van der Waals surface area contributed by atoms with E-state index in [0.717, 1.165) is 0 Å². The lowest BCUT2D eigenvalue weighted by molar-refractivity contribution is -0.146. The summed E-state index contributed by atoms with van der Waals surface area (Å²) in [4.78, 5) is 22.2. The molecule has 76 valence electrons. The molecule has 0 aliphatic rings. The summed E-state index contributed by atoms with van der Waals surface area (Å²) in [5, 5.41) is 0. The first-order valence-corrected chi connectivity index (χ1v) is 4.65. The Balaban J connectivity index is 4.10. The molecular weight excluding hydrogens is 168 g/mol. The van der Waals surface area contributed by atoms with E-state index in [1.165, 1.54) is 6.92 Å². The average Bonchev–Trinajstić information content (AvgIpc) is 1.99. The van der Waals surface area contributed by atoms with Crippen LogP contribution in [-0.4, -0.2) is 18.4 Å². The summed E-state index contributed by atoms with van der Waals surface area (Å²) in [6.07, 6.45) is 0.209. The molecule has 1 atom stereocenters. The van der Waals surface area contributed by atoms with E-state index in [1.807, 2.05) is 13.8 Å². The van der Waals surface area contributed by atoms with Gasteiger partial charge in [0.1, 0.15) is 5.78 Å². The number of esters is 1. The second kappa shape index (κ2) is 5.73. The summed E-state index contributed by atoms with van der Waals surface area (Å²) >= 11 is 0. The average molecular weight is 186 g/mol. The van der Waals surface area contributed by atoms with Crippen molar-refractivity contribution in [3.05, 3.63) is 0 Å². The third-order valence-electron chi connectivity index (χ3n) is 2.02. The minimum Gasteiger partial charge on any atom is -0.466 e. The summed E-state index contributed by atoms with van der Waals surface area (Å²) in [5.74, 6) is -0.222. The maximum absolute atomic E-state index is 11.1. The number of ether oxygens (including phenoxy) is 1. The van der Waals surface area contributed by atoms with Gasteiger partial charge in [-0.25, -0.2) is 0 Å². The first-order chi connectivity index (χ1) is 5.99. The fraction of sp³-hybridized carbons (Fsp3) is 0.800. The van der Waals surface area contributed by atoms with Crippen LogP contribution in [0.3, 0.4) is 0 Å². The van der Waals surface area contributed by atoms with Gasteiger partial charge in [-0.3, -0.25) is 9.59 Å². The second-order valence-corrected chi connectivity index (χ2v) is 3.47. The fourth-order valence-corrected chi connectivity index (χ4v) is 1.25. The Morgan fingerprint density at radius 2 is 1.85 bits per heavy atom. The van der Waals surface area contributed by atoms with Crippen LogP contribution in [0, 0.1) is 11.8 Å². The molecule has 0 aromatic heterocycles. The Bertz CT molecular complexity index is 185. The van der Waals surface area contributed by atoms with E-state index in [-0.39, 0.29) is 30.0 Å². The molecule has 0 aromatic carbocycles. The molecule has 0 saturated heterocycles. The number of rotatable bonds is 5. The van der Waals surface area contributed by atoms with E-state index < -0.39 is 0 Å². The molecule has 0 amide bonds. The van der Waals surface area contributed by atoms with Gasteiger partial charge in [0.2, 0.25) is 0 Å². The first-order valence-electron chi connectivity index (χ1n) is 4.65. The Morgan fingerprint density at radius 1 is 1.31 bits per heavy atom. The number of carbonyl (C=O) groups excluding carboxylic acids is 2. The number of carbonyl (C=O) groups is 2. The molecule has 0 rings (SSSR count). The minimum absolute atomic E-state index is 0.0584. The molecule has 3 nitrogen and oxygen atoms in total. The highest BCUT2D eigenvalue weighted by Gasteiger charge is 2.22. The Labute approximate surface area is 79.5 Å². The highest BCUT2D eigenvalue weighted by atomic mass is 16.5. The predicted octanol–water partition coefficient (Wildman–Crippen LogP) is 1.80. The standard InChI is InChI=1S/C10H18O3/c1-5-13-10(12)6-9(7(2)3)8(4)11/h7,9H,5-6H2,1-4H3. The van der Waals surface area contributed by atoms with E-state index in [2.05, 4.69) is 0 Å². The molecule has 0 heterocycles. The van der Waals surface area contributed by atoms with Gasteiger partial charge in [-0.05, 0) is 19.8 Å². The highest BCUT2D eigenvalue weighted by molar-refractivity contribution is 5.83. The maximum Gasteiger partial charge on any atom is 0.306 e. The van der Waals surface area contributed by atoms with Crippen molar-refractivity contribution in [3.8, 4) is 0 Å². The summed E-state index contributed by atoms with van der Waals surface area (Å²) in [7, 11) is 0. The zero-order chi connectivity index (χ0) is 10.4. The van der Waals surface area contributed by atoms with Crippen LogP contribution in [0.1, 0.15) is 34.1 Å². The van der Waals surface area contributed by atoms with Crippen molar-refractivity contribution in [2.24, 2.45) is 11.8 Å². The van der Waals surface area contributed by atoms with Gasteiger partial charge in [-0.2, -0.15) is 0 Å². The second-order valence-electron chi connectivity index (χ2n) is 3.47. The van der Waals surface area contributed by atoms with Gasteiger partial charge in [0.05, 0.1) is 13.0 Å². The van der Waals surface area contributed by atoms with Crippen LogP contribution in [0.4, 0.5) is 0 Å². The van der Waals surface area contributed by atoms with Gasteiger partial charge in [-0.15, -0.1) is 0 Å². The third kappa shape index (κ3) is 4.65. The Hall–Kier alpha value is -0.860. The van der Waals surface area contributed by atoms with Crippen molar-refractivity contribution in [2.75, 3.05) is 6.61 Å². The van der Waals surface area contributed by atoms with Gasteiger partial charge in [-0.1, -0.05) is 13.8 Å². The molecule has 0 aliphatic heterocycles. The predicted molar refractivity (Wildman–Crippen MR) is 50.3 cm³/mol. The van der Waals surface area contributed by atoms with Gasteiger partial charge in [0, 0.05) is 5.92 Å². The van der Waals surface area contributed by atoms with E-state index in [9.17, 15) is 9.59 Å². The van der Waals surface area contributed by atoms with Crippen molar-refractivity contribution in [1.29, 1.82) is 0 Å². The molecule has 13 heavy (non-hydrogen) atoms. The highest BCUT2D eigenvalue weighted by Crippen LogP contribution is 2.16. The lowest BCUT2D eigenvalue weighted by atomic mass is 9.89. The Morgan fingerprint density at radius 3 is 2.15 bits per heavy atom. The molecule has 1 unspecified atom stereocenters. The SMILES string of the molecule is CCOC(=O)CC(C(C)=O)C(C)C. The number of hydrogen-bond donors (Lipinski definition) is 0. The normalized spacial score (nSPS) is 12.7.